The summed E-state index contributed by atoms with van der Waals surface area (Å²) in [7, 11) is 0. The minimum atomic E-state index is -0.530. The van der Waals surface area contributed by atoms with Crippen molar-refractivity contribution < 1.29 is 5.11 Å². The first kappa shape index (κ1) is 14.2. The third-order valence-corrected chi connectivity index (χ3v) is 3.12. The smallest absolute Gasteiger partial charge is 0.114 e. The van der Waals surface area contributed by atoms with Gasteiger partial charge in [-0.15, -0.1) is 0 Å². The van der Waals surface area contributed by atoms with Crippen LogP contribution in [0.5, 0.6) is 0 Å². The number of aliphatic imine (C=N–C) groups is 1. The second-order valence-corrected chi connectivity index (χ2v) is 5.71. The molecule has 0 aromatic carbocycles. The third-order valence-electron chi connectivity index (χ3n) is 3.12. The fourth-order valence-electron chi connectivity index (χ4n) is 2.15. The zero-order chi connectivity index (χ0) is 13.1. The van der Waals surface area contributed by atoms with Crippen molar-refractivity contribution in [3.05, 3.63) is 23.3 Å². The summed E-state index contributed by atoms with van der Waals surface area (Å²) in [5, 5.41) is 9.97. The summed E-state index contributed by atoms with van der Waals surface area (Å²) >= 11 is 0. The van der Waals surface area contributed by atoms with Crippen LogP contribution in [0.15, 0.2) is 28.3 Å². The molecule has 1 atom stereocenters. The van der Waals surface area contributed by atoms with E-state index in [0.717, 1.165) is 30.7 Å². The summed E-state index contributed by atoms with van der Waals surface area (Å²) in [5.41, 5.74) is 3.37. The number of aliphatic hydroxyl groups excluding tert-OH is 1. The Bertz CT molecular complexity index is 356. The van der Waals surface area contributed by atoms with Gasteiger partial charge < -0.3 is 5.11 Å². The Morgan fingerprint density at radius 1 is 1.35 bits per heavy atom. The Morgan fingerprint density at radius 3 is 2.53 bits per heavy atom. The molecular formula is C15H25NO. The molecule has 0 fully saturated rings. The summed E-state index contributed by atoms with van der Waals surface area (Å²) in [6.07, 6.45) is 5.57. The van der Waals surface area contributed by atoms with Crippen LogP contribution in [-0.2, 0) is 0 Å². The van der Waals surface area contributed by atoms with Crippen LogP contribution in [-0.4, -0.2) is 23.5 Å². The lowest BCUT2D eigenvalue weighted by Crippen LogP contribution is -2.26. The highest BCUT2D eigenvalue weighted by atomic mass is 16.3. The average molecular weight is 235 g/mol. The van der Waals surface area contributed by atoms with Gasteiger partial charge in [0.25, 0.3) is 0 Å². The Morgan fingerprint density at radius 2 is 2.00 bits per heavy atom. The summed E-state index contributed by atoms with van der Waals surface area (Å²) in [4.78, 5) is 4.56. The van der Waals surface area contributed by atoms with E-state index < -0.39 is 6.10 Å². The number of aliphatic hydroxyl groups is 1. The van der Waals surface area contributed by atoms with Crippen molar-refractivity contribution in [3.63, 3.8) is 0 Å². The fraction of sp³-hybridized carbons (Fsp3) is 0.667. The third kappa shape index (κ3) is 3.53. The van der Waals surface area contributed by atoms with Crippen LogP contribution in [0.2, 0.25) is 0 Å². The second-order valence-electron chi connectivity index (χ2n) is 5.71. The molecule has 0 radical (unpaired) electrons. The van der Waals surface area contributed by atoms with E-state index in [0.29, 0.717) is 0 Å². The van der Waals surface area contributed by atoms with Gasteiger partial charge in [-0.3, -0.25) is 4.99 Å². The van der Waals surface area contributed by atoms with Gasteiger partial charge in [0.1, 0.15) is 6.10 Å². The van der Waals surface area contributed by atoms with E-state index in [9.17, 15) is 5.11 Å². The van der Waals surface area contributed by atoms with E-state index in [-0.39, 0.29) is 5.41 Å². The molecule has 17 heavy (non-hydrogen) atoms. The number of unbranched alkanes of at least 4 members (excludes halogenated alkanes) is 1. The molecule has 1 N–H and O–H groups in total. The Kier molecular flexibility index (Phi) is 4.70. The quantitative estimate of drug-likeness (QED) is 0.746. The lowest BCUT2D eigenvalue weighted by atomic mass is 9.79. The molecule has 96 valence electrons. The van der Waals surface area contributed by atoms with E-state index in [1.165, 1.54) is 5.57 Å². The van der Waals surface area contributed by atoms with Gasteiger partial charge in [0.2, 0.25) is 0 Å². The molecule has 1 aliphatic carbocycles. The Hall–Kier alpha value is -0.890. The first-order valence-electron chi connectivity index (χ1n) is 6.50. The predicted octanol–water partition coefficient (Wildman–Crippen LogP) is 3.52. The molecule has 0 saturated carbocycles. The van der Waals surface area contributed by atoms with Crippen LogP contribution in [0, 0.1) is 5.41 Å². The van der Waals surface area contributed by atoms with Gasteiger partial charge in [0, 0.05) is 6.54 Å². The van der Waals surface area contributed by atoms with Crippen molar-refractivity contribution in [1.29, 1.82) is 0 Å². The van der Waals surface area contributed by atoms with E-state index in [4.69, 9.17) is 0 Å². The van der Waals surface area contributed by atoms with Gasteiger partial charge in [0.05, 0.1) is 5.71 Å². The van der Waals surface area contributed by atoms with E-state index in [1.54, 1.807) is 0 Å². The van der Waals surface area contributed by atoms with Gasteiger partial charge >= 0.3 is 0 Å². The Balaban J connectivity index is 3.01. The van der Waals surface area contributed by atoms with Crippen molar-refractivity contribution in [3.8, 4) is 0 Å². The highest BCUT2D eigenvalue weighted by molar-refractivity contribution is 6.06. The molecular weight excluding hydrogens is 210 g/mol. The van der Waals surface area contributed by atoms with Crippen LogP contribution < -0.4 is 0 Å². The lowest BCUT2D eigenvalue weighted by Gasteiger charge is -2.28. The SMILES string of the molecule is CCCCN=C1C(C)=C(C(C)(C)C)C=CC1O. The number of allylic oxidation sites excluding steroid dienone is 2. The number of hydrogen-bond donors (Lipinski definition) is 1. The largest absolute Gasteiger partial charge is 0.383 e. The minimum absolute atomic E-state index is 0.103. The summed E-state index contributed by atoms with van der Waals surface area (Å²) in [6, 6.07) is 0. The summed E-state index contributed by atoms with van der Waals surface area (Å²) < 4.78 is 0. The number of hydrogen-bond acceptors (Lipinski definition) is 2. The summed E-state index contributed by atoms with van der Waals surface area (Å²) in [6.45, 7) is 11.6. The predicted molar refractivity (Wildman–Crippen MR) is 74.5 cm³/mol. The molecule has 1 rings (SSSR count). The van der Waals surface area contributed by atoms with Crippen molar-refractivity contribution >= 4 is 5.71 Å². The summed E-state index contributed by atoms with van der Waals surface area (Å²) in [5.74, 6) is 0. The lowest BCUT2D eigenvalue weighted by molar-refractivity contribution is 0.287. The highest BCUT2D eigenvalue weighted by Crippen LogP contribution is 2.32. The van der Waals surface area contributed by atoms with Crippen molar-refractivity contribution in [2.75, 3.05) is 6.54 Å². The standard InChI is InChI=1S/C15H25NO/c1-6-7-10-16-14-11(2)12(15(3,4)5)8-9-13(14)17/h8-9,13,17H,6-7,10H2,1-5H3. The average Bonchev–Trinajstić information content (AvgIpc) is 2.21. The molecule has 2 nitrogen and oxygen atoms in total. The van der Waals surface area contributed by atoms with Gasteiger partial charge in [-0.2, -0.15) is 0 Å². The molecule has 0 aromatic rings. The molecule has 0 spiro atoms. The molecule has 0 heterocycles. The van der Waals surface area contributed by atoms with Crippen LogP contribution in [0.25, 0.3) is 0 Å². The molecule has 2 heteroatoms. The van der Waals surface area contributed by atoms with Crippen molar-refractivity contribution in [1.82, 2.24) is 0 Å². The van der Waals surface area contributed by atoms with Gasteiger partial charge in [-0.05, 0) is 36.0 Å². The van der Waals surface area contributed by atoms with Gasteiger partial charge in [-0.25, -0.2) is 0 Å². The van der Waals surface area contributed by atoms with Crippen LogP contribution in [0.1, 0.15) is 47.5 Å². The molecule has 1 aliphatic rings. The van der Waals surface area contributed by atoms with Crippen LogP contribution in [0.3, 0.4) is 0 Å². The van der Waals surface area contributed by atoms with E-state index in [2.05, 4.69) is 39.6 Å². The maximum Gasteiger partial charge on any atom is 0.114 e. The van der Waals surface area contributed by atoms with Crippen LogP contribution in [0.4, 0.5) is 0 Å². The molecule has 0 aliphatic heterocycles. The zero-order valence-corrected chi connectivity index (χ0v) is 11.7. The highest BCUT2D eigenvalue weighted by Gasteiger charge is 2.25. The molecule has 0 amide bonds. The first-order chi connectivity index (χ1) is 7.88. The first-order valence-corrected chi connectivity index (χ1v) is 6.50. The molecule has 0 bridgehead atoms. The zero-order valence-electron chi connectivity index (χ0n) is 11.7. The van der Waals surface area contributed by atoms with Crippen molar-refractivity contribution in [2.45, 2.75) is 53.6 Å². The molecule has 1 unspecified atom stereocenters. The topological polar surface area (TPSA) is 32.6 Å². The fourth-order valence-corrected chi connectivity index (χ4v) is 2.15. The molecule has 0 aromatic heterocycles. The number of rotatable bonds is 3. The van der Waals surface area contributed by atoms with E-state index >= 15 is 0 Å². The van der Waals surface area contributed by atoms with Crippen molar-refractivity contribution in [2.24, 2.45) is 10.4 Å². The molecule has 0 saturated heterocycles. The minimum Gasteiger partial charge on any atom is -0.383 e. The second kappa shape index (κ2) is 5.63. The normalized spacial score (nSPS) is 23.6. The number of nitrogens with zero attached hydrogens (tertiary/aromatic N) is 1. The van der Waals surface area contributed by atoms with Crippen LogP contribution >= 0.6 is 0 Å². The van der Waals surface area contributed by atoms with E-state index in [1.807, 2.05) is 12.2 Å². The maximum atomic E-state index is 9.97. The van der Waals surface area contributed by atoms with Gasteiger partial charge in [-0.1, -0.05) is 40.2 Å². The van der Waals surface area contributed by atoms with Gasteiger partial charge in [0.15, 0.2) is 0 Å². The maximum absolute atomic E-state index is 9.97. The monoisotopic (exact) mass is 235 g/mol. The Labute approximate surface area is 105 Å².